The Kier molecular flexibility index (Phi) is 7.60. The summed E-state index contributed by atoms with van der Waals surface area (Å²) in [7, 11) is 0. The van der Waals surface area contributed by atoms with Crippen LogP contribution in [0, 0.1) is 0 Å². The Morgan fingerprint density at radius 2 is 1.92 bits per heavy atom. The van der Waals surface area contributed by atoms with Gasteiger partial charge in [0.15, 0.2) is 11.0 Å². The Balaban J connectivity index is 1.33. The largest absolute Gasteiger partial charge is 0.507 e. The molecule has 3 aromatic carbocycles. The fourth-order valence-electron chi connectivity index (χ4n) is 3.89. The first-order valence-corrected chi connectivity index (χ1v) is 12.9. The smallest absolute Gasteiger partial charge is 0.250 e. The summed E-state index contributed by atoms with van der Waals surface area (Å²) in [6.07, 6.45) is 4.86. The van der Waals surface area contributed by atoms with Crippen LogP contribution in [0.1, 0.15) is 12.5 Å². The number of aromatic nitrogens is 4. The SMILES string of the molecule is CCOc1ccc(-n2c(SCC(=O)NN=Cc3c(O)ccc4ccccc34)nnc2-c2cccnc2)cc1. The number of hydrazone groups is 1. The van der Waals surface area contributed by atoms with Crippen molar-refractivity contribution in [2.75, 3.05) is 12.4 Å². The van der Waals surface area contributed by atoms with Gasteiger partial charge < -0.3 is 9.84 Å². The predicted octanol–water partition coefficient (Wildman–Crippen LogP) is 4.83. The quantitative estimate of drug-likeness (QED) is 0.161. The highest BCUT2D eigenvalue weighted by molar-refractivity contribution is 7.99. The van der Waals surface area contributed by atoms with Crippen LogP contribution in [-0.4, -0.2) is 49.3 Å². The zero-order chi connectivity index (χ0) is 26.3. The van der Waals surface area contributed by atoms with Crippen molar-refractivity contribution in [1.82, 2.24) is 25.2 Å². The molecule has 0 bridgehead atoms. The lowest BCUT2D eigenvalue weighted by Gasteiger charge is -2.11. The molecule has 2 heterocycles. The average Bonchev–Trinajstić information content (AvgIpc) is 3.38. The molecule has 1 amide bonds. The Hall–Kier alpha value is -4.70. The number of carbonyl (C=O) groups excluding carboxylic acids is 1. The van der Waals surface area contributed by atoms with Gasteiger partial charge in [-0.05, 0) is 60.2 Å². The maximum Gasteiger partial charge on any atom is 0.250 e. The van der Waals surface area contributed by atoms with Crippen LogP contribution in [0.3, 0.4) is 0 Å². The highest BCUT2D eigenvalue weighted by atomic mass is 32.2. The number of ether oxygens (including phenoxy) is 1. The minimum atomic E-state index is -0.324. The van der Waals surface area contributed by atoms with E-state index in [1.807, 2.05) is 78.2 Å². The van der Waals surface area contributed by atoms with Crippen LogP contribution in [0.25, 0.3) is 27.8 Å². The molecule has 2 N–H and O–H groups in total. The van der Waals surface area contributed by atoms with E-state index in [1.165, 1.54) is 18.0 Å². The van der Waals surface area contributed by atoms with E-state index in [4.69, 9.17) is 4.74 Å². The topological polar surface area (TPSA) is 115 Å². The summed E-state index contributed by atoms with van der Waals surface area (Å²) in [5.41, 5.74) is 4.68. The minimum Gasteiger partial charge on any atom is -0.507 e. The monoisotopic (exact) mass is 524 g/mol. The van der Waals surface area contributed by atoms with Gasteiger partial charge in [0, 0.05) is 29.2 Å². The van der Waals surface area contributed by atoms with E-state index in [1.54, 1.807) is 18.5 Å². The van der Waals surface area contributed by atoms with Crippen LogP contribution in [0.4, 0.5) is 0 Å². The number of benzene rings is 3. The van der Waals surface area contributed by atoms with E-state index in [-0.39, 0.29) is 17.4 Å². The van der Waals surface area contributed by atoms with Crippen molar-refractivity contribution in [3.63, 3.8) is 0 Å². The number of nitrogens with one attached hydrogen (secondary N) is 1. The first-order chi connectivity index (χ1) is 18.6. The van der Waals surface area contributed by atoms with Crippen molar-refractivity contribution >= 4 is 34.7 Å². The maximum atomic E-state index is 12.6. The third-order valence-electron chi connectivity index (χ3n) is 5.62. The van der Waals surface area contributed by atoms with E-state index in [9.17, 15) is 9.90 Å². The van der Waals surface area contributed by atoms with Gasteiger partial charge in [-0.3, -0.25) is 14.3 Å². The van der Waals surface area contributed by atoms with Crippen molar-refractivity contribution in [2.45, 2.75) is 12.1 Å². The van der Waals surface area contributed by atoms with Gasteiger partial charge in [0.2, 0.25) is 0 Å². The van der Waals surface area contributed by atoms with Gasteiger partial charge in [-0.15, -0.1) is 10.2 Å². The van der Waals surface area contributed by atoms with Gasteiger partial charge >= 0.3 is 0 Å². The van der Waals surface area contributed by atoms with Crippen LogP contribution < -0.4 is 10.2 Å². The summed E-state index contributed by atoms with van der Waals surface area (Å²) in [4.78, 5) is 16.8. The molecule has 10 heteroatoms. The number of fused-ring (bicyclic) bond motifs is 1. The lowest BCUT2D eigenvalue weighted by molar-refractivity contribution is -0.118. The molecule has 5 aromatic rings. The number of carbonyl (C=O) groups is 1. The number of nitrogens with zero attached hydrogens (tertiary/aromatic N) is 5. The number of amides is 1. The standard InChI is InChI=1S/C28H24N6O3S/c1-2-37-22-12-10-21(11-13-22)34-27(20-7-5-15-29-16-20)32-33-28(34)38-18-26(36)31-30-17-24-23-8-4-3-6-19(23)9-14-25(24)35/h3-17,35H,2,18H2,1H3,(H,31,36). The van der Waals surface area contributed by atoms with E-state index in [0.29, 0.717) is 23.2 Å². The maximum absolute atomic E-state index is 12.6. The summed E-state index contributed by atoms with van der Waals surface area (Å²) >= 11 is 1.23. The van der Waals surface area contributed by atoms with Crippen molar-refractivity contribution in [3.05, 3.63) is 90.8 Å². The van der Waals surface area contributed by atoms with E-state index < -0.39 is 0 Å². The molecule has 0 saturated carbocycles. The average molecular weight is 525 g/mol. The van der Waals surface area contributed by atoms with Crippen molar-refractivity contribution in [1.29, 1.82) is 0 Å². The highest BCUT2D eigenvalue weighted by Gasteiger charge is 2.17. The van der Waals surface area contributed by atoms with Gasteiger partial charge in [-0.2, -0.15) is 5.10 Å². The molecule has 2 aromatic heterocycles. The number of phenolic OH excluding ortho intramolecular Hbond substituents is 1. The van der Waals surface area contributed by atoms with Gasteiger partial charge in [-0.1, -0.05) is 42.1 Å². The molecule has 5 rings (SSSR count). The molecule has 0 saturated heterocycles. The Morgan fingerprint density at radius 1 is 1.08 bits per heavy atom. The normalized spacial score (nSPS) is 11.2. The predicted molar refractivity (Wildman–Crippen MR) is 148 cm³/mol. The molecule has 0 unspecified atom stereocenters. The second-order valence-electron chi connectivity index (χ2n) is 8.11. The summed E-state index contributed by atoms with van der Waals surface area (Å²) in [6, 6.07) is 22.4. The molecule has 0 aliphatic carbocycles. The molecule has 9 nitrogen and oxygen atoms in total. The molecule has 0 atom stereocenters. The number of aromatic hydroxyl groups is 1. The summed E-state index contributed by atoms with van der Waals surface area (Å²) < 4.78 is 7.44. The second-order valence-corrected chi connectivity index (χ2v) is 9.05. The molecular weight excluding hydrogens is 500 g/mol. The Bertz CT molecular complexity index is 1590. The number of rotatable bonds is 9. The van der Waals surface area contributed by atoms with Crippen molar-refractivity contribution in [3.8, 4) is 28.6 Å². The molecule has 190 valence electrons. The van der Waals surface area contributed by atoms with Gasteiger partial charge in [-0.25, -0.2) is 5.43 Å². The fraction of sp³-hybridized carbons (Fsp3) is 0.107. The zero-order valence-corrected chi connectivity index (χ0v) is 21.3. The summed E-state index contributed by atoms with van der Waals surface area (Å²) in [5, 5.41) is 25.4. The summed E-state index contributed by atoms with van der Waals surface area (Å²) in [5.74, 6) is 1.18. The number of hydrogen-bond donors (Lipinski definition) is 2. The minimum absolute atomic E-state index is 0.0566. The Labute approximate surface area is 223 Å². The molecule has 0 radical (unpaired) electrons. The van der Waals surface area contributed by atoms with Crippen LogP contribution >= 0.6 is 11.8 Å². The third-order valence-corrected chi connectivity index (χ3v) is 6.55. The van der Waals surface area contributed by atoms with Crippen LogP contribution in [0.5, 0.6) is 11.5 Å². The van der Waals surface area contributed by atoms with E-state index in [2.05, 4.69) is 25.7 Å². The zero-order valence-electron chi connectivity index (χ0n) is 20.5. The first-order valence-electron chi connectivity index (χ1n) is 11.9. The molecule has 0 aliphatic heterocycles. The molecule has 0 fully saturated rings. The number of thioether (sulfide) groups is 1. The number of pyridine rings is 1. The van der Waals surface area contributed by atoms with E-state index in [0.717, 1.165) is 27.8 Å². The molecule has 0 spiro atoms. The first kappa shape index (κ1) is 25.0. The van der Waals surface area contributed by atoms with Crippen molar-refractivity contribution < 1.29 is 14.6 Å². The van der Waals surface area contributed by atoms with Crippen molar-refractivity contribution in [2.24, 2.45) is 5.10 Å². The van der Waals surface area contributed by atoms with Gasteiger partial charge in [0.05, 0.1) is 18.6 Å². The third kappa shape index (κ3) is 5.50. The second kappa shape index (κ2) is 11.6. The molecule has 38 heavy (non-hydrogen) atoms. The van der Waals surface area contributed by atoms with Gasteiger partial charge in [0.25, 0.3) is 5.91 Å². The Morgan fingerprint density at radius 3 is 2.71 bits per heavy atom. The number of hydrogen-bond acceptors (Lipinski definition) is 8. The van der Waals surface area contributed by atoms with E-state index >= 15 is 0 Å². The summed E-state index contributed by atoms with van der Waals surface area (Å²) in [6.45, 7) is 2.51. The lowest BCUT2D eigenvalue weighted by atomic mass is 10.0. The van der Waals surface area contributed by atoms with Crippen LogP contribution in [0.15, 0.2) is 95.4 Å². The van der Waals surface area contributed by atoms with Crippen LogP contribution in [-0.2, 0) is 4.79 Å². The van der Waals surface area contributed by atoms with Crippen LogP contribution in [0.2, 0.25) is 0 Å². The lowest BCUT2D eigenvalue weighted by Crippen LogP contribution is -2.20. The fourth-order valence-corrected chi connectivity index (χ4v) is 4.63. The number of phenols is 1. The molecule has 0 aliphatic rings. The molecular formula is C28H24N6O3S. The highest BCUT2D eigenvalue weighted by Crippen LogP contribution is 2.29. The van der Waals surface area contributed by atoms with Gasteiger partial charge in [0.1, 0.15) is 11.5 Å².